The van der Waals surface area contributed by atoms with Crippen molar-refractivity contribution >= 4 is 5.97 Å². The average Bonchev–Trinajstić information content (AvgIpc) is 2.21. The summed E-state index contributed by atoms with van der Waals surface area (Å²) in [5.41, 5.74) is 0.257. The Morgan fingerprint density at radius 2 is 1.72 bits per heavy atom. The molecule has 0 fully saturated rings. The monoisotopic (exact) mass is 254 g/mol. The summed E-state index contributed by atoms with van der Waals surface area (Å²) in [5.74, 6) is -0.219. The molecule has 0 aliphatic rings. The van der Waals surface area contributed by atoms with E-state index in [0.717, 1.165) is 5.57 Å². The second kappa shape index (κ2) is 6.62. The molecule has 0 N–H and O–H groups in total. The summed E-state index contributed by atoms with van der Waals surface area (Å²) in [6.07, 6.45) is 3.32. The zero-order chi connectivity index (χ0) is 14.4. The first-order valence-corrected chi connectivity index (χ1v) is 6.21. The van der Waals surface area contributed by atoms with Crippen LogP contribution in [0.1, 0.15) is 41.5 Å². The molecule has 1 atom stereocenters. The summed E-state index contributed by atoms with van der Waals surface area (Å²) in [6, 6.07) is 0. The summed E-state index contributed by atoms with van der Waals surface area (Å²) in [7, 11) is 0. The van der Waals surface area contributed by atoms with Crippen molar-refractivity contribution in [1.82, 2.24) is 0 Å². The third-order valence-corrected chi connectivity index (χ3v) is 3.11. The summed E-state index contributed by atoms with van der Waals surface area (Å²) < 4.78 is 10.2. The lowest BCUT2D eigenvalue weighted by atomic mass is 9.67. The first-order chi connectivity index (χ1) is 8.15. The highest BCUT2D eigenvalue weighted by Crippen LogP contribution is 2.41. The van der Waals surface area contributed by atoms with E-state index in [1.165, 1.54) is 6.26 Å². The van der Waals surface area contributed by atoms with Crippen LogP contribution in [0.4, 0.5) is 0 Å². The van der Waals surface area contributed by atoms with E-state index in [0.29, 0.717) is 6.61 Å². The number of esters is 1. The zero-order valence-corrected chi connectivity index (χ0v) is 12.5. The van der Waals surface area contributed by atoms with Gasteiger partial charge in [0.25, 0.3) is 0 Å². The lowest BCUT2D eigenvalue weighted by molar-refractivity contribution is -0.158. The van der Waals surface area contributed by atoms with Crippen molar-refractivity contribution < 1.29 is 14.3 Å². The minimum Gasteiger partial charge on any atom is -0.498 e. The van der Waals surface area contributed by atoms with Gasteiger partial charge < -0.3 is 9.47 Å². The minimum atomic E-state index is -0.639. The van der Waals surface area contributed by atoms with Crippen molar-refractivity contribution in [3.8, 4) is 0 Å². The molecule has 0 spiro atoms. The molecule has 0 rings (SSSR count). The van der Waals surface area contributed by atoms with Crippen molar-refractivity contribution in [1.29, 1.82) is 0 Å². The Bertz CT molecular complexity index is 319. The molecule has 0 aromatic heterocycles. The molecular weight excluding hydrogens is 228 g/mol. The Hall–Kier alpha value is -1.25. The predicted molar refractivity (Wildman–Crippen MR) is 74.1 cm³/mol. The number of hydrogen-bond donors (Lipinski definition) is 0. The Morgan fingerprint density at radius 1 is 1.17 bits per heavy atom. The minimum absolute atomic E-state index is 0.208. The molecule has 0 aromatic carbocycles. The molecule has 0 aliphatic carbocycles. The normalized spacial score (nSPS) is 14.3. The van der Waals surface area contributed by atoms with Crippen LogP contribution in [0.15, 0.2) is 24.5 Å². The van der Waals surface area contributed by atoms with Crippen molar-refractivity contribution in [2.24, 2.45) is 10.8 Å². The molecule has 0 aromatic rings. The molecule has 3 heteroatoms. The molecule has 0 bridgehead atoms. The van der Waals surface area contributed by atoms with Gasteiger partial charge in [-0.2, -0.15) is 0 Å². The third-order valence-electron chi connectivity index (χ3n) is 3.11. The van der Waals surface area contributed by atoms with Gasteiger partial charge in [0.1, 0.15) is 13.2 Å². The smallest absolute Gasteiger partial charge is 0.316 e. The molecule has 0 heterocycles. The standard InChI is InChI=1S/C15H26O3/c1-8-17-9-10-18-13(16)15(7,11-12(2)3)14(4,5)6/h8,11H,1,9-10H2,2-7H3. The second-order valence-electron chi connectivity index (χ2n) is 5.85. The summed E-state index contributed by atoms with van der Waals surface area (Å²) in [4.78, 5) is 12.3. The largest absolute Gasteiger partial charge is 0.498 e. The Morgan fingerprint density at radius 3 is 2.11 bits per heavy atom. The first-order valence-electron chi connectivity index (χ1n) is 6.21. The first kappa shape index (κ1) is 16.8. The maximum Gasteiger partial charge on any atom is 0.316 e. The van der Waals surface area contributed by atoms with Crippen LogP contribution < -0.4 is 0 Å². The number of carbonyl (C=O) groups is 1. The molecular formula is C15H26O3. The number of ether oxygens (including phenoxy) is 2. The van der Waals surface area contributed by atoms with Crippen LogP contribution in [0.5, 0.6) is 0 Å². The van der Waals surface area contributed by atoms with E-state index in [4.69, 9.17) is 9.47 Å². The Kier molecular flexibility index (Phi) is 6.16. The SMILES string of the molecule is C=COCCOC(=O)C(C)(C=C(C)C)C(C)(C)C. The molecule has 3 nitrogen and oxygen atoms in total. The molecule has 0 aliphatic heterocycles. The third kappa shape index (κ3) is 4.55. The fraction of sp³-hybridized carbons (Fsp3) is 0.667. The van der Waals surface area contributed by atoms with Crippen molar-refractivity contribution in [2.45, 2.75) is 41.5 Å². The van der Waals surface area contributed by atoms with Gasteiger partial charge in [-0.25, -0.2) is 0 Å². The van der Waals surface area contributed by atoms with Crippen LogP contribution in [0.3, 0.4) is 0 Å². The second-order valence-corrected chi connectivity index (χ2v) is 5.85. The molecule has 0 radical (unpaired) electrons. The van der Waals surface area contributed by atoms with E-state index in [9.17, 15) is 4.79 Å². The fourth-order valence-corrected chi connectivity index (χ4v) is 1.57. The molecule has 0 saturated carbocycles. The van der Waals surface area contributed by atoms with Crippen LogP contribution in [0.2, 0.25) is 0 Å². The predicted octanol–water partition coefficient (Wildman–Crippen LogP) is 3.71. The Labute approximate surface area is 111 Å². The number of allylic oxidation sites excluding steroid dienone is 1. The van der Waals surface area contributed by atoms with E-state index in [1.807, 2.05) is 47.6 Å². The number of carbonyl (C=O) groups excluding carboxylic acids is 1. The van der Waals surface area contributed by atoms with Crippen molar-refractivity contribution in [2.75, 3.05) is 13.2 Å². The lowest BCUT2D eigenvalue weighted by Crippen LogP contribution is -2.40. The molecule has 18 heavy (non-hydrogen) atoms. The van der Waals surface area contributed by atoms with Gasteiger partial charge in [-0.05, 0) is 26.2 Å². The summed E-state index contributed by atoms with van der Waals surface area (Å²) >= 11 is 0. The van der Waals surface area contributed by atoms with Gasteiger partial charge in [-0.15, -0.1) is 0 Å². The van der Waals surface area contributed by atoms with Gasteiger partial charge in [-0.3, -0.25) is 4.79 Å². The summed E-state index contributed by atoms with van der Waals surface area (Å²) in [6.45, 7) is 16.0. The van der Waals surface area contributed by atoms with Gasteiger partial charge in [0.05, 0.1) is 11.7 Å². The number of rotatable bonds is 6. The highest BCUT2D eigenvalue weighted by atomic mass is 16.6. The van der Waals surface area contributed by atoms with Crippen molar-refractivity contribution in [3.63, 3.8) is 0 Å². The van der Waals surface area contributed by atoms with E-state index >= 15 is 0 Å². The molecule has 1 unspecified atom stereocenters. The zero-order valence-electron chi connectivity index (χ0n) is 12.5. The highest BCUT2D eigenvalue weighted by Gasteiger charge is 2.43. The van der Waals surface area contributed by atoms with Gasteiger partial charge in [0.15, 0.2) is 0 Å². The van der Waals surface area contributed by atoms with Gasteiger partial charge >= 0.3 is 5.97 Å². The van der Waals surface area contributed by atoms with Crippen LogP contribution in [-0.2, 0) is 14.3 Å². The fourth-order valence-electron chi connectivity index (χ4n) is 1.57. The van der Waals surface area contributed by atoms with Crippen molar-refractivity contribution in [3.05, 3.63) is 24.5 Å². The maximum atomic E-state index is 12.3. The van der Waals surface area contributed by atoms with Crippen LogP contribution >= 0.6 is 0 Å². The lowest BCUT2D eigenvalue weighted by Gasteiger charge is -2.37. The van der Waals surface area contributed by atoms with Gasteiger partial charge in [-0.1, -0.05) is 39.0 Å². The van der Waals surface area contributed by atoms with Gasteiger partial charge in [0, 0.05) is 0 Å². The van der Waals surface area contributed by atoms with Crippen LogP contribution in [0.25, 0.3) is 0 Å². The molecule has 104 valence electrons. The van der Waals surface area contributed by atoms with Crippen LogP contribution in [0, 0.1) is 10.8 Å². The summed E-state index contributed by atoms with van der Waals surface area (Å²) in [5, 5.41) is 0. The maximum absolute atomic E-state index is 12.3. The molecule has 0 saturated heterocycles. The van der Waals surface area contributed by atoms with Gasteiger partial charge in [0.2, 0.25) is 0 Å². The quantitative estimate of drug-likeness (QED) is 0.314. The molecule has 0 amide bonds. The average molecular weight is 254 g/mol. The highest BCUT2D eigenvalue weighted by molar-refractivity contribution is 5.79. The number of hydrogen-bond acceptors (Lipinski definition) is 3. The van der Waals surface area contributed by atoms with Crippen LogP contribution in [-0.4, -0.2) is 19.2 Å². The van der Waals surface area contributed by atoms with E-state index < -0.39 is 5.41 Å². The van der Waals surface area contributed by atoms with E-state index in [2.05, 4.69) is 6.58 Å². The topological polar surface area (TPSA) is 35.5 Å². The van der Waals surface area contributed by atoms with E-state index in [-0.39, 0.29) is 18.0 Å². The Balaban J connectivity index is 4.84. The van der Waals surface area contributed by atoms with E-state index in [1.54, 1.807) is 0 Å².